The van der Waals surface area contributed by atoms with E-state index < -0.39 is 17.9 Å². The number of carbonyl (C=O) groups is 3. The van der Waals surface area contributed by atoms with Gasteiger partial charge in [0.1, 0.15) is 5.70 Å². The molecule has 1 fully saturated rings. The number of hydrogen-bond donors (Lipinski definition) is 1. The molecule has 1 aliphatic rings. The van der Waals surface area contributed by atoms with Crippen LogP contribution in [0.4, 0.5) is 10.5 Å². The number of anilines is 1. The van der Waals surface area contributed by atoms with Crippen LogP contribution in [0.1, 0.15) is 12.5 Å². The molecule has 1 N–H and O–H groups in total. The van der Waals surface area contributed by atoms with Crippen molar-refractivity contribution in [1.29, 1.82) is 0 Å². The quantitative estimate of drug-likeness (QED) is 0.240. The van der Waals surface area contributed by atoms with Gasteiger partial charge in [0.05, 0.1) is 23.0 Å². The van der Waals surface area contributed by atoms with E-state index in [0.717, 1.165) is 4.90 Å². The highest BCUT2D eigenvalue weighted by Crippen LogP contribution is 2.35. The fourth-order valence-corrected chi connectivity index (χ4v) is 3.70. The summed E-state index contributed by atoms with van der Waals surface area (Å²) >= 11 is 7.92. The second-order valence-electron chi connectivity index (χ2n) is 6.23. The summed E-state index contributed by atoms with van der Waals surface area (Å²) in [5.41, 5.74) is 1.13. The number of ether oxygens (including phenoxy) is 3. The summed E-state index contributed by atoms with van der Waals surface area (Å²) in [6.07, 6.45) is 1.55. The van der Waals surface area contributed by atoms with Gasteiger partial charge in [-0.25, -0.2) is 14.5 Å². The molecule has 162 valence electrons. The van der Waals surface area contributed by atoms with Crippen LogP contribution in [0.5, 0.6) is 11.5 Å². The van der Waals surface area contributed by atoms with Gasteiger partial charge in [0, 0.05) is 5.02 Å². The summed E-state index contributed by atoms with van der Waals surface area (Å²) in [6.45, 7) is 1.91. The van der Waals surface area contributed by atoms with Gasteiger partial charge in [-0.3, -0.25) is 4.79 Å². The molecule has 0 aromatic heterocycles. The summed E-state index contributed by atoms with van der Waals surface area (Å²) in [7, 11) is 1.27. The van der Waals surface area contributed by atoms with Crippen LogP contribution in [0.3, 0.4) is 0 Å². The third-order valence-corrected chi connectivity index (χ3v) is 5.22. The maximum absolute atomic E-state index is 12.8. The summed E-state index contributed by atoms with van der Waals surface area (Å²) in [6, 6.07) is 9.23. The van der Waals surface area contributed by atoms with E-state index >= 15 is 0 Å². The van der Waals surface area contributed by atoms with Crippen molar-refractivity contribution < 1.29 is 28.6 Å². The molecule has 31 heavy (non-hydrogen) atoms. The molecule has 0 bridgehead atoms. The molecule has 1 saturated heterocycles. The first-order chi connectivity index (χ1) is 14.8. The van der Waals surface area contributed by atoms with Crippen LogP contribution in [-0.2, 0) is 14.3 Å². The number of nitrogens with zero attached hydrogens (tertiary/aromatic N) is 1. The second kappa shape index (κ2) is 10.0. The summed E-state index contributed by atoms with van der Waals surface area (Å²) in [5, 5.41) is 3.08. The minimum absolute atomic E-state index is 0.112. The average Bonchev–Trinajstić information content (AvgIpc) is 3.01. The van der Waals surface area contributed by atoms with E-state index in [1.165, 1.54) is 7.11 Å². The normalized spacial score (nSPS) is 14.6. The van der Waals surface area contributed by atoms with Crippen LogP contribution in [0.25, 0.3) is 6.08 Å². The van der Waals surface area contributed by atoms with Crippen molar-refractivity contribution in [2.24, 2.45) is 0 Å². The average molecular weight is 557 g/mol. The number of hydrogen-bond acceptors (Lipinski definition) is 6. The molecule has 2 aromatic rings. The van der Waals surface area contributed by atoms with Gasteiger partial charge in [-0.1, -0.05) is 11.6 Å². The molecule has 2 aromatic carbocycles. The molecule has 10 heteroatoms. The predicted molar refractivity (Wildman–Crippen MR) is 123 cm³/mol. The Balaban J connectivity index is 1.90. The molecule has 1 aliphatic heterocycles. The Morgan fingerprint density at radius 2 is 1.90 bits per heavy atom. The van der Waals surface area contributed by atoms with Crippen LogP contribution < -0.4 is 19.7 Å². The molecule has 0 aliphatic carbocycles. The second-order valence-corrected chi connectivity index (χ2v) is 7.83. The largest absolute Gasteiger partial charge is 0.490 e. The van der Waals surface area contributed by atoms with Crippen molar-refractivity contribution in [1.82, 2.24) is 5.32 Å². The number of amides is 3. The fourth-order valence-electron chi connectivity index (χ4n) is 2.79. The zero-order chi connectivity index (χ0) is 22.5. The Labute approximate surface area is 197 Å². The van der Waals surface area contributed by atoms with Gasteiger partial charge >= 0.3 is 12.0 Å². The topological polar surface area (TPSA) is 94.2 Å². The number of halogens is 2. The van der Waals surface area contributed by atoms with Gasteiger partial charge in [-0.15, -0.1) is 0 Å². The fraction of sp³-hybridized carbons (Fsp3) is 0.190. The number of benzene rings is 2. The van der Waals surface area contributed by atoms with Crippen molar-refractivity contribution in [2.75, 3.05) is 25.2 Å². The van der Waals surface area contributed by atoms with Gasteiger partial charge in [-0.2, -0.15) is 0 Å². The van der Waals surface area contributed by atoms with Crippen molar-refractivity contribution in [2.45, 2.75) is 6.92 Å². The lowest BCUT2D eigenvalue weighted by molar-refractivity contribution is -0.143. The first-order valence-corrected chi connectivity index (χ1v) is 10.6. The lowest BCUT2D eigenvalue weighted by atomic mass is 10.1. The van der Waals surface area contributed by atoms with E-state index in [0.29, 0.717) is 37.9 Å². The summed E-state index contributed by atoms with van der Waals surface area (Å²) in [5.74, 6) is -0.228. The lowest BCUT2D eigenvalue weighted by Gasteiger charge is -2.14. The molecule has 3 rings (SSSR count). The van der Waals surface area contributed by atoms with Crippen LogP contribution in [-0.4, -0.2) is 38.2 Å². The van der Waals surface area contributed by atoms with E-state index in [9.17, 15) is 14.4 Å². The Kier molecular flexibility index (Phi) is 7.39. The molecule has 0 saturated carbocycles. The third-order valence-electron chi connectivity index (χ3n) is 4.17. The highest BCUT2D eigenvalue weighted by molar-refractivity contribution is 14.1. The molecule has 8 nitrogen and oxygen atoms in total. The van der Waals surface area contributed by atoms with Crippen LogP contribution in [0.2, 0.25) is 5.02 Å². The molecular weight excluding hydrogens is 539 g/mol. The van der Waals surface area contributed by atoms with Gasteiger partial charge in [0.15, 0.2) is 18.1 Å². The third kappa shape index (κ3) is 5.28. The number of nitrogens with one attached hydrogen (secondary N) is 1. The van der Waals surface area contributed by atoms with Crippen LogP contribution >= 0.6 is 34.2 Å². The number of methoxy groups -OCH3 is 1. The van der Waals surface area contributed by atoms with Gasteiger partial charge in [0.2, 0.25) is 0 Å². The molecule has 0 radical (unpaired) electrons. The van der Waals surface area contributed by atoms with E-state index in [4.69, 9.17) is 21.1 Å². The highest BCUT2D eigenvalue weighted by atomic mass is 127. The van der Waals surface area contributed by atoms with Crippen LogP contribution in [0.15, 0.2) is 42.1 Å². The minimum Gasteiger partial charge on any atom is -0.490 e. The van der Waals surface area contributed by atoms with Gasteiger partial charge < -0.3 is 19.5 Å². The lowest BCUT2D eigenvalue weighted by Crippen LogP contribution is -2.30. The molecule has 1 heterocycles. The maximum atomic E-state index is 12.8. The van der Waals surface area contributed by atoms with E-state index in [1.807, 2.05) is 29.5 Å². The Morgan fingerprint density at radius 3 is 2.55 bits per heavy atom. The molecule has 0 unspecified atom stereocenters. The SMILES string of the molecule is CCOc1cc(/C=C2/NC(=O)N(c3ccc(Cl)cc3)C2=O)cc(I)c1OCC(=O)OC. The van der Waals surface area contributed by atoms with E-state index in [2.05, 4.69) is 10.1 Å². The minimum atomic E-state index is -0.559. The zero-order valence-electron chi connectivity index (χ0n) is 16.6. The number of urea groups is 1. The molecular formula is C21H18ClIN2O6. The molecule has 0 atom stereocenters. The van der Waals surface area contributed by atoms with Crippen molar-refractivity contribution >= 4 is 63.9 Å². The molecule has 0 spiro atoms. The number of imide groups is 1. The molecule has 3 amide bonds. The predicted octanol–water partition coefficient (Wildman–Crippen LogP) is 3.99. The van der Waals surface area contributed by atoms with Gasteiger partial charge in [-0.05, 0) is 77.6 Å². The number of esters is 1. The number of rotatable bonds is 7. The van der Waals surface area contributed by atoms with Crippen LogP contribution in [0, 0.1) is 3.57 Å². The summed E-state index contributed by atoms with van der Waals surface area (Å²) < 4.78 is 16.4. The standard InChI is InChI=1S/C21H18ClIN2O6/c1-3-30-17-10-12(8-15(23)19(17)31-11-18(26)29-2)9-16-20(27)25(21(28)24-16)14-6-4-13(22)5-7-14/h4-10H,3,11H2,1-2H3,(H,24,28)/b16-9+. The zero-order valence-corrected chi connectivity index (χ0v) is 19.5. The Bertz CT molecular complexity index is 1050. The van der Waals surface area contributed by atoms with Gasteiger partial charge in [0.25, 0.3) is 5.91 Å². The smallest absolute Gasteiger partial charge is 0.343 e. The Morgan fingerprint density at radius 1 is 1.19 bits per heavy atom. The summed E-state index contributed by atoms with van der Waals surface area (Å²) in [4.78, 5) is 37.6. The highest BCUT2D eigenvalue weighted by Gasteiger charge is 2.34. The maximum Gasteiger partial charge on any atom is 0.343 e. The van der Waals surface area contributed by atoms with E-state index in [-0.39, 0.29) is 12.3 Å². The monoisotopic (exact) mass is 556 g/mol. The van der Waals surface area contributed by atoms with E-state index in [1.54, 1.807) is 42.5 Å². The first-order valence-electron chi connectivity index (χ1n) is 9.12. The van der Waals surface area contributed by atoms with Crippen molar-refractivity contribution in [3.05, 3.63) is 56.3 Å². The first kappa shape index (κ1) is 22.9. The number of carbonyl (C=O) groups excluding carboxylic acids is 3. The van der Waals surface area contributed by atoms with Crippen molar-refractivity contribution in [3.63, 3.8) is 0 Å². The Hall–Kier alpha value is -2.79. The van der Waals surface area contributed by atoms with Crippen molar-refractivity contribution in [3.8, 4) is 11.5 Å².